The molecule has 0 fully saturated rings. The molecule has 0 aliphatic rings. The van der Waals surface area contributed by atoms with Crippen molar-refractivity contribution in [1.82, 2.24) is 14.5 Å². The van der Waals surface area contributed by atoms with Crippen molar-refractivity contribution >= 4 is 56.6 Å². The summed E-state index contributed by atoms with van der Waals surface area (Å²) in [6, 6.07) is 4.99. The van der Waals surface area contributed by atoms with Crippen LogP contribution in [0.25, 0.3) is 10.9 Å². The summed E-state index contributed by atoms with van der Waals surface area (Å²) in [5.41, 5.74) is 1.21. The Morgan fingerprint density at radius 1 is 1.39 bits per heavy atom. The number of methoxy groups -OCH3 is 1. The van der Waals surface area contributed by atoms with Gasteiger partial charge in [0, 0.05) is 30.7 Å². The van der Waals surface area contributed by atoms with Gasteiger partial charge in [-0.2, -0.15) is 0 Å². The number of rotatable bonds is 8. The van der Waals surface area contributed by atoms with E-state index in [0.29, 0.717) is 45.8 Å². The highest BCUT2D eigenvalue weighted by atomic mass is 35.5. The fraction of sp³-hybridized carbons (Fsp3) is 0.333. The van der Waals surface area contributed by atoms with Gasteiger partial charge in [0.25, 0.3) is 5.56 Å². The Balaban J connectivity index is 1.83. The van der Waals surface area contributed by atoms with Gasteiger partial charge in [0.15, 0.2) is 10.3 Å². The highest BCUT2D eigenvalue weighted by Crippen LogP contribution is 2.21. The smallest absolute Gasteiger partial charge is 0.262 e. The molecule has 0 saturated carbocycles. The first-order valence-electron chi connectivity index (χ1n) is 8.51. The molecular formula is C18H19ClN4O3S2. The Labute approximate surface area is 175 Å². The van der Waals surface area contributed by atoms with E-state index in [9.17, 15) is 9.59 Å². The van der Waals surface area contributed by atoms with E-state index < -0.39 is 0 Å². The molecule has 3 rings (SSSR count). The van der Waals surface area contributed by atoms with Crippen molar-refractivity contribution in [2.75, 3.05) is 24.8 Å². The normalized spacial score (nSPS) is 11.1. The van der Waals surface area contributed by atoms with Gasteiger partial charge in [0.1, 0.15) is 0 Å². The van der Waals surface area contributed by atoms with E-state index in [-0.39, 0.29) is 17.2 Å². The maximum Gasteiger partial charge on any atom is 0.262 e. The van der Waals surface area contributed by atoms with E-state index in [1.165, 1.54) is 23.1 Å². The van der Waals surface area contributed by atoms with Gasteiger partial charge in [0.2, 0.25) is 5.91 Å². The maximum absolute atomic E-state index is 12.9. The number of thioether (sulfide) groups is 1. The van der Waals surface area contributed by atoms with Crippen LogP contribution < -0.4 is 10.9 Å². The standard InChI is InChI=1S/C18H19ClN4O3S2/c1-11-9-27-17(20-11)22-15(24)10-28-18-21-14-8-12(19)4-5-13(14)16(25)23(18)6-3-7-26-2/h4-5,8-9H,3,6-7,10H2,1-2H3,(H,20,22,24). The van der Waals surface area contributed by atoms with Gasteiger partial charge in [-0.15, -0.1) is 11.3 Å². The number of carbonyl (C=O) groups is 1. The topological polar surface area (TPSA) is 86.1 Å². The Morgan fingerprint density at radius 3 is 2.93 bits per heavy atom. The summed E-state index contributed by atoms with van der Waals surface area (Å²) < 4.78 is 6.67. The number of aryl methyl sites for hydroxylation is 1. The molecule has 1 N–H and O–H groups in total. The Morgan fingerprint density at radius 2 is 2.21 bits per heavy atom. The highest BCUT2D eigenvalue weighted by molar-refractivity contribution is 7.99. The van der Waals surface area contributed by atoms with E-state index >= 15 is 0 Å². The zero-order valence-corrected chi connectivity index (χ0v) is 17.8. The average Bonchev–Trinajstić information content (AvgIpc) is 3.06. The van der Waals surface area contributed by atoms with Crippen LogP contribution in [0.3, 0.4) is 0 Å². The molecule has 0 atom stereocenters. The summed E-state index contributed by atoms with van der Waals surface area (Å²) in [7, 11) is 1.61. The van der Waals surface area contributed by atoms with Gasteiger partial charge < -0.3 is 10.1 Å². The minimum Gasteiger partial charge on any atom is -0.385 e. The molecular weight excluding hydrogens is 420 g/mol. The molecule has 28 heavy (non-hydrogen) atoms. The highest BCUT2D eigenvalue weighted by Gasteiger charge is 2.14. The Bertz CT molecular complexity index is 1050. The molecule has 2 heterocycles. The van der Waals surface area contributed by atoms with Gasteiger partial charge in [-0.1, -0.05) is 23.4 Å². The third kappa shape index (κ3) is 5.11. The third-order valence-corrected chi connectivity index (χ3v) is 5.90. The molecule has 7 nitrogen and oxygen atoms in total. The van der Waals surface area contributed by atoms with Gasteiger partial charge in [-0.3, -0.25) is 14.2 Å². The van der Waals surface area contributed by atoms with E-state index in [0.717, 1.165) is 5.69 Å². The number of nitrogens with one attached hydrogen (secondary N) is 1. The van der Waals surface area contributed by atoms with Crippen LogP contribution in [-0.2, 0) is 16.1 Å². The minimum atomic E-state index is -0.205. The molecule has 0 aliphatic carbocycles. The van der Waals surface area contributed by atoms with Crippen molar-refractivity contribution in [3.05, 3.63) is 44.6 Å². The van der Waals surface area contributed by atoms with Gasteiger partial charge in [-0.05, 0) is 31.5 Å². The van der Waals surface area contributed by atoms with Gasteiger partial charge in [-0.25, -0.2) is 9.97 Å². The van der Waals surface area contributed by atoms with Crippen molar-refractivity contribution < 1.29 is 9.53 Å². The molecule has 2 aromatic heterocycles. The largest absolute Gasteiger partial charge is 0.385 e. The second kappa shape index (κ2) is 9.51. The number of benzene rings is 1. The summed E-state index contributed by atoms with van der Waals surface area (Å²) in [5, 5.41) is 6.65. The molecule has 10 heteroatoms. The fourth-order valence-corrected chi connectivity index (χ4v) is 4.24. The first-order valence-corrected chi connectivity index (χ1v) is 10.8. The number of amides is 1. The number of hydrogen-bond acceptors (Lipinski definition) is 7. The molecule has 3 aromatic rings. The van der Waals surface area contributed by atoms with Crippen LogP contribution in [0.4, 0.5) is 5.13 Å². The lowest BCUT2D eigenvalue weighted by Gasteiger charge is -2.13. The number of carbonyl (C=O) groups excluding carboxylic acids is 1. The zero-order valence-electron chi connectivity index (χ0n) is 15.4. The predicted molar refractivity (Wildman–Crippen MR) is 114 cm³/mol. The second-order valence-electron chi connectivity index (χ2n) is 5.99. The van der Waals surface area contributed by atoms with Crippen LogP contribution in [-0.4, -0.2) is 39.9 Å². The zero-order chi connectivity index (χ0) is 20.1. The summed E-state index contributed by atoms with van der Waals surface area (Å²) in [6.07, 6.45) is 0.662. The van der Waals surface area contributed by atoms with E-state index in [4.69, 9.17) is 16.3 Å². The molecule has 148 valence electrons. The molecule has 0 unspecified atom stereocenters. The van der Waals surface area contributed by atoms with Crippen LogP contribution in [0.15, 0.2) is 33.5 Å². The molecule has 0 aliphatic heterocycles. The number of halogens is 1. The summed E-state index contributed by atoms with van der Waals surface area (Å²) >= 11 is 8.62. The summed E-state index contributed by atoms with van der Waals surface area (Å²) in [5.74, 6) is -0.0928. The summed E-state index contributed by atoms with van der Waals surface area (Å²) in [6.45, 7) is 2.84. The SMILES string of the molecule is COCCCn1c(SCC(=O)Nc2nc(C)cs2)nc2cc(Cl)ccc2c1=O. The number of anilines is 1. The molecule has 0 spiro atoms. The number of hydrogen-bond donors (Lipinski definition) is 1. The quantitative estimate of drug-likeness (QED) is 0.328. The lowest BCUT2D eigenvalue weighted by Crippen LogP contribution is -2.25. The van der Waals surface area contributed by atoms with Crippen LogP contribution in [0.5, 0.6) is 0 Å². The van der Waals surface area contributed by atoms with Gasteiger partial charge >= 0.3 is 0 Å². The predicted octanol–water partition coefficient (Wildman–Crippen LogP) is 3.58. The van der Waals surface area contributed by atoms with Crippen LogP contribution in [0.1, 0.15) is 12.1 Å². The molecule has 1 amide bonds. The number of nitrogens with zero attached hydrogens (tertiary/aromatic N) is 3. The molecule has 0 saturated heterocycles. The Kier molecular flexibility index (Phi) is 7.06. The van der Waals surface area contributed by atoms with Crippen LogP contribution in [0, 0.1) is 6.92 Å². The first kappa shape index (κ1) is 20.8. The monoisotopic (exact) mass is 438 g/mol. The maximum atomic E-state index is 12.9. The fourth-order valence-electron chi connectivity index (χ4n) is 2.55. The Hall–Kier alpha value is -1.94. The van der Waals surface area contributed by atoms with E-state index in [2.05, 4.69) is 15.3 Å². The average molecular weight is 439 g/mol. The van der Waals surface area contributed by atoms with Crippen molar-refractivity contribution in [2.45, 2.75) is 25.0 Å². The summed E-state index contributed by atoms with van der Waals surface area (Å²) in [4.78, 5) is 33.9. The number of aromatic nitrogens is 3. The minimum absolute atomic E-state index is 0.113. The lowest BCUT2D eigenvalue weighted by atomic mass is 10.2. The first-order chi connectivity index (χ1) is 13.5. The third-order valence-electron chi connectivity index (χ3n) is 3.81. The number of ether oxygens (including phenoxy) is 1. The lowest BCUT2D eigenvalue weighted by molar-refractivity contribution is -0.113. The van der Waals surface area contributed by atoms with Crippen LogP contribution in [0.2, 0.25) is 5.02 Å². The van der Waals surface area contributed by atoms with Crippen LogP contribution >= 0.6 is 34.7 Å². The molecule has 1 aromatic carbocycles. The van der Waals surface area contributed by atoms with Crippen molar-refractivity contribution in [3.63, 3.8) is 0 Å². The van der Waals surface area contributed by atoms with Crippen molar-refractivity contribution in [2.24, 2.45) is 0 Å². The van der Waals surface area contributed by atoms with Crippen molar-refractivity contribution in [1.29, 1.82) is 0 Å². The molecule has 0 bridgehead atoms. The molecule has 0 radical (unpaired) electrons. The second-order valence-corrected chi connectivity index (χ2v) is 8.23. The van der Waals surface area contributed by atoms with E-state index in [1.54, 1.807) is 29.9 Å². The number of fused-ring (bicyclic) bond motifs is 1. The van der Waals surface area contributed by atoms with E-state index in [1.807, 2.05) is 12.3 Å². The number of thiazole rings is 1. The van der Waals surface area contributed by atoms with Gasteiger partial charge in [0.05, 0.1) is 22.3 Å². The van der Waals surface area contributed by atoms with Crippen molar-refractivity contribution in [3.8, 4) is 0 Å².